The number of carbonyl (C=O) groups excluding carboxylic acids is 2. The van der Waals surface area contributed by atoms with E-state index in [1.54, 1.807) is 60.7 Å². The van der Waals surface area contributed by atoms with Gasteiger partial charge in [0.25, 0.3) is 15.9 Å². The Bertz CT molecular complexity index is 1720. The van der Waals surface area contributed by atoms with Crippen LogP contribution in [0.4, 0.5) is 13.2 Å². The van der Waals surface area contributed by atoms with Crippen LogP contribution in [0.3, 0.4) is 0 Å². The SMILES string of the molecule is NC(=O)c1ccccc1.O=C(NCc1ccc(S(=O)(=O)N2CCCC(NCc3ccc(C(F)(F)F)cc3)C2)s1)c1ccc(Cl)cc1. The number of rotatable bonds is 9. The average molecular weight is 693 g/mol. The van der Waals surface area contributed by atoms with Crippen LogP contribution < -0.4 is 16.4 Å². The number of halogens is 4. The third-order valence-corrected chi connectivity index (χ3v) is 10.7. The standard InChI is InChI=1S/C25H25ClF3N3O3S2.C7H7NO/c26-20-9-5-18(6-10-20)24(33)31-15-22-11-12-23(36-22)37(34,35)32-13-1-2-21(16-32)30-14-17-3-7-19(8-4-17)25(27,28)29;8-7(9)6-4-2-1-3-5-6/h3-12,21,30H,1-2,13-16H2,(H,31,33);1-5H,(H2,8,9). The van der Waals surface area contributed by atoms with Gasteiger partial charge in [0, 0.05) is 46.7 Å². The Morgan fingerprint density at radius 2 is 1.59 bits per heavy atom. The molecule has 244 valence electrons. The molecule has 1 aliphatic heterocycles. The highest BCUT2D eigenvalue weighted by Gasteiger charge is 2.32. The van der Waals surface area contributed by atoms with Crippen LogP contribution in [-0.2, 0) is 29.3 Å². The molecule has 1 unspecified atom stereocenters. The van der Waals surface area contributed by atoms with E-state index in [9.17, 15) is 31.2 Å². The van der Waals surface area contributed by atoms with E-state index in [0.29, 0.717) is 46.1 Å². The van der Waals surface area contributed by atoms with Crippen molar-refractivity contribution in [2.24, 2.45) is 5.73 Å². The number of carbonyl (C=O) groups is 2. The molecular weight excluding hydrogens is 661 g/mol. The fourth-order valence-electron chi connectivity index (χ4n) is 4.59. The highest BCUT2D eigenvalue weighted by Crippen LogP contribution is 2.30. The Kier molecular flexibility index (Phi) is 12.0. The van der Waals surface area contributed by atoms with E-state index >= 15 is 0 Å². The van der Waals surface area contributed by atoms with Crippen LogP contribution in [0.5, 0.6) is 0 Å². The number of thiophene rings is 1. The first-order valence-corrected chi connectivity index (χ1v) is 16.8. The van der Waals surface area contributed by atoms with E-state index in [1.165, 1.54) is 16.4 Å². The molecule has 4 aromatic rings. The number of amides is 2. The zero-order chi connectivity index (χ0) is 33.3. The molecule has 2 amide bonds. The van der Waals surface area contributed by atoms with Crippen LogP contribution in [0.25, 0.3) is 0 Å². The van der Waals surface area contributed by atoms with Crippen molar-refractivity contribution in [1.29, 1.82) is 0 Å². The van der Waals surface area contributed by atoms with E-state index in [0.717, 1.165) is 29.9 Å². The summed E-state index contributed by atoms with van der Waals surface area (Å²) in [7, 11) is -3.72. The predicted molar refractivity (Wildman–Crippen MR) is 172 cm³/mol. The first-order chi connectivity index (χ1) is 21.8. The minimum Gasteiger partial charge on any atom is -0.366 e. The topological polar surface area (TPSA) is 122 Å². The van der Waals surface area contributed by atoms with Gasteiger partial charge in [0.05, 0.1) is 12.1 Å². The van der Waals surface area contributed by atoms with Crippen LogP contribution >= 0.6 is 22.9 Å². The molecule has 0 aliphatic carbocycles. The number of hydrogen-bond donors (Lipinski definition) is 3. The second-order valence-electron chi connectivity index (χ2n) is 10.4. The molecule has 0 spiro atoms. The molecular formula is C32H32ClF3N4O4S2. The van der Waals surface area contributed by atoms with E-state index in [1.807, 2.05) is 6.07 Å². The molecule has 46 heavy (non-hydrogen) atoms. The first-order valence-electron chi connectivity index (χ1n) is 14.2. The molecule has 8 nitrogen and oxygen atoms in total. The van der Waals surface area contributed by atoms with Crippen molar-refractivity contribution in [1.82, 2.24) is 14.9 Å². The summed E-state index contributed by atoms with van der Waals surface area (Å²) >= 11 is 6.95. The minimum atomic E-state index is -4.38. The van der Waals surface area contributed by atoms with E-state index in [4.69, 9.17) is 17.3 Å². The van der Waals surface area contributed by atoms with Crippen molar-refractivity contribution in [2.75, 3.05) is 13.1 Å². The monoisotopic (exact) mass is 692 g/mol. The number of nitrogens with zero attached hydrogens (tertiary/aromatic N) is 1. The van der Waals surface area contributed by atoms with Gasteiger partial charge >= 0.3 is 6.18 Å². The summed E-state index contributed by atoms with van der Waals surface area (Å²) in [5, 5.41) is 6.57. The highest BCUT2D eigenvalue weighted by molar-refractivity contribution is 7.91. The fourth-order valence-corrected chi connectivity index (χ4v) is 7.69. The van der Waals surface area contributed by atoms with Crippen LogP contribution in [0.1, 0.15) is 49.6 Å². The number of nitrogens with two attached hydrogens (primary N) is 1. The van der Waals surface area contributed by atoms with Crippen molar-refractivity contribution >= 4 is 44.8 Å². The summed E-state index contributed by atoms with van der Waals surface area (Å²) < 4.78 is 66.4. The summed E-state index contributed by atoms with van der Waals surface area (Å²) in [6.45, 7) is 1.19. The Labute approximate surface area is 274 Å². The third-order valence-electron chi connectivity index (χ3n) is 7.08. The Morgan fingerprint density at radius 1 is 0.913 bits per heavy atom. The normalized spacial score (nSPS) is 15.4. The molecule has 1 saturated heterocycles. The predicted octanol–water partition coefficient (Wildman–Crippen LogP) is 6.08. The summed E-state index contributed by atoms with van der Waals surface area (Å²) in [5.41, 5.74) is 5.97. The Balaban J connectivity index is 0.000000459. The number of piperidine rings is 1. The molecule has 0 radical (unpaired) electrons. The molecule has 0 saturated carbocycles. The van der Waals surface area contributed by atoms with Gasteiger partial charge in [-0.25, -0.2) is 8.42 Å². The number of nitrogens with one attached hydrogen (secondary N) is 2. The smallest absolute Gasteiger partial charge is 0.366 e. The van der Waals surface area contributed by atoms with Crippen molar-refractivity contribution in [3.05, 3.63) is 123 Å². The third kappa shape index (κ3) is 9.87. The number of hydrogen-bond acceptors (Lipinski definition) is 6. The van der Waals surface area contributed by atoms with Gasteiger partial charge in [0.2, 0.25) is 5.91 Å². The van der Waals surface area contributed by atoms with Crippen LogP contribution in [-0.4, -0.2) is 43.7 Å². The quantitative estimate of drug-likeness (QED) is 0.196. The van der Waals surface area contributed by atoms with E-state index in [2.05, 4.69) is 10.6 Å². The number of alkyl halides is 3. The molecule has 1 fully saturated rings. The van der Waals surface area contributed by atoms with Gasteiger partial charge in [-0.3, -0.25) is 9.59 Å². The summed E-state index contributed by atoms with van der Waals surface area (Å²) in [6, 6.07) is 23.3. The van der Waals surface area contributed by atoms with Crippen LogP contribution in [0, 0.1) is 0 Å². The molecule has 2 heterocycles. The van der Waals surface area contributed by atoms with E-state index < -0.39 is 21.8 Å². The van der Waals surface area contributed by atoms with Gasteiger partial charge in [-0.15, -0.1) is 11.3 Å². The van der Waals surface area contributed by atoms with E-state index in [-0.39, 0.29) is 35.2 Å². The zero-order valence-electron chi connectivity index (χ0n) is 24.5. The maximum atomic E-state index is 13.2. The summed E-state index contributed by atoms with van der Waals surface area (Å²) in [6.07, 6.45) is -2.95. The van der Waals surface area contributed by atoms with Gasteiger partial charge in [-0.05, 0) is 79.1 Å². The molecule has 1 aliphatic rings. The minimum absolute atomic E-state index is 0.121. The first kappa shape index (κ1) is 35.1. The number of sulfonamides is 1. The van der Waals surface area contributed by atoms with Crippen LogP contribution in [0.2, 0.25) is 5.02 Å². The van der Waals surface area contributed by atoms with Crippen molar-refractivity contribution in [2.45, 2.75) is 42.4 Å². The molecule has 14 heteroatoms. The summed E-state index contributed by atoms with van der Waals surface area (Å²) in [4.78, 5) is 23.4. The molecule has 1 atom stereocenters. The van der Waals surface area contributed by atoms with Crippen molar-refractivity contribution < 1.29 is 31.2 Å². The maximum absolute atomic E-state index is 13.2. The van der Waals surface area contributed by atoms with Crippen LogP contribution in [0.15, 0.2) is 95.2 Å². The largest absolute Gasteiger partial charge is 0.416 e. The molecule has 0 bridgehead atoms. The fraction of sp³-hybridized carbons (Fsp3) is 0.250. The van der Waals surface area contributed by atoms with Gasteiger partial charge in [0.15, 0.2) is 0 Å². The van der Waals surface area contributed by atoms with Gasteiger partial charge < -0.3 is 16.4 Å². The van der Waals surface area contributed by atoms with Gasteiger partial charge in [-0.2, -0.15) is 17.5 Å². The highest BCUT2D eigenvalue weighted by atomic mass is 35.5. The second kappa shape index (κ2) is 15.7. The Hall–Kier alpha value is -3.75. The lowest BCUT2D eigenvalue weighted by Gasteiger charge is -2.32. The van der Waals surface area contributed by atoms with Gasteiger partial charge in [0.1, 0.15) is 4.21 Å². The zero-order valence-corrected chi connectivity index (χ0v) is 26.9. The Morgan fingerprint density at radius 3 is 2.20 bits per heavy atom. The lowest BCUT2D eigenvalue weighted by Crippen LogP contribution is -2.47. The lowest BCUT2D eigenvalue weighted by atomic mass is 10.1. The van der Waals surface area contributed by atoms with Crippen molar-refractivity contribution in [3.63, 3.8) is 0 Å². The average Bonchev–Trinajstić information content (AvgIpc) is 3.54. The van der Waals surface area contributed by atoms with Gasteiger partial charge in [-0.1, -0.05) is 41.9 Å². The second-order valence-corrected chi connectivity index (χ2v) is 14.2. The molecule has 5 rings (SSSR count). The van der Waals surface area contributed by atoms with Crippen molar-refractivity contribution in [3.8, 4) is 0 Å². The molecule has 4 N–H and O–H groups in total. The lowest BCUT2D eigenvalue weighted by molar-refractivity contribution is -0.137. The summed E-state index contributed by atoms with van der Waals surface area (Å²) in [5.74, 6) is -0.664. The molecule has 1 aromatic heterocycles. The number of primary amides is 1. The maximum Gasteiger partial charge on any atom is 0.416 e. The number of benzene rings is 3. The molecule has 3 aromatic carbocycles.